The van der Waals surface area contributed by atoms with Crippen LogP contribution in [0, 0.1) is 29.1 Å². The number of methoxy groups -OCH3 is 1. The van der Waals surface area contributed by atoms with Crippen molar-refractivity contribution in [3.63, 3.8) is 0 Å². The molecule has 2 bridgehead atoms. The van der Waals surface area contributed by atoms with Crippen LogP contribution in [0.5, 0.6) is 11.5 Å². The van der Waals surface area contributed by atoms with Crippen LogP contribution in [-0.4, -0.2) is 79.7 Å². The highest BCUT2D eigenvalue weighted by molar-refractivity contribution is 5.43. The standard InChI is InChI=1S/C23H31N3O4/c1-28-23-6-15(8-25-9-16(7-24)10-25)2-3-22(23)29-14-17(27)11-26-12-18-19(13-26)21-5-4-20(18)30-21/h2-3,6,16-21,27H,4-5,8-14H2,1H3/t17?,18-,19+,20+,21-. The number of aliphatic hydroxyl groups is 1. The van der Waals surface area contributed by atoms with Gasteiger partial charge in [0, 0.05) is 51.1 Å². The number of ether oxygens (including phenoxy) is 3. The summed E-state index contributed by atoms with van der Waals surface area (Å²) in [6, 6.07) is 8.23. The van der Waals surface area contributed by atoms with Gasteiger partial charge in [0.15, 0.2) is 11.5 Å². The molecule has 4 aliphatic heterocycles. The maximum Gasteiger partial charge on any atom is 0.161 e. The molecule has 0 saturated carbocycles. The lowest BCUT2D eigenvalue weighted by atomic mass is 9.82. The van der Waals surface area contributed by atoms with Crippen LogP contribution < -0.4 is 9.47 Å². The molecule has 4 fully saturated rings. The Hall–Kier alpha value is -1.85. The minimum absolute atomic E-state index is 0.161. The Balaban J connectivity index is 1.10. The fourth-order valence-electron chi connectivity index (χ4n) is 5.70. The summed E-state index contributed by atoms with van der Waals surface area (Å²) in [6.07, 6.45) is 2.78. The summed E-state index contributed by atoms with van der Waals surface area (Å²) in [5.41, 5.74) is 1.14. The number of β-amino-alcohol motifs (C(OH)–C–C–N with tert-alkyl or cyclic N) is 1. The number of likely N-dealkylation sites (tertiary alicyclic amines) is 2. The van der Waals surface area contributed by atoms with Crippen molar-refractivity contribution >= 4 is 0 Å². The molecule has 1 unspecified atom stereocenters. The van der Waals surface area contributed by atoms with E-state index in [1.807, 2.05) is 18.2 Å². The van der Waals surface area contributed by atoms with Gasteiger partial charge in [-0.25, -0.2) is 0 Å². The Labute approximate surface area is 178 Å². The van der Waals surface area contributed by atoms with E-state index in [9.17, 15) is 5.11 Å². The van der Waals surface area contributed by atoms with Crippen molar-refractivity contribution in [1.29, 1.82) is 5.26 Å². The van der Waals surface area contributed by atoms with Gasteiger partial charge in [0.1, 0.15) is 12.7 Å². The van der Waals surface area contributed by atoms with Crippen molar-refractivity contribution in [2.75, 3.05) is 46.4 Å². The van der Waals surface area contributed by atoms with E-state index in [2.05, 4.69) is 15.9 Å². The molecule has 7 nitrogen and oxygen atoms in total. The topological polar surface area (TPSA) is 78.2 Å². The van der Waals surface area contributed by atoms with Crippen molar-refractivity contribution < 1.29 is 19.3 Å². The van der Waals surface area contributed by atoms with E-state index >= 15 is 0 Å². The second-order valence-electron chi connectivity index (χ2n) is 9.31. The molecule has 4 saturated heterocycles. The maximum absolute atomic E-state index is 10.5. The Kier molecular flexibility index (Phi) is 5.59. The summed E-state index contributed by atoms with van der Waals surface area (Å²) in [5, 5.41) is 19.4. The molecule has 1 N–H and O–H groups in total. The van der Waals surface area contributed by atoms with Crippen molar-refractivity contribution in [2.24, 2.45) is 17.8 Å². The maximum atomic E-state index is 10.5. The molecule has 7 heteroatoms. The summed E-state index contributed by atoms with van der Waals surface area (Å²) in [4.78, 5) is 4.62. The fourth-order valence-corrected chi connectivity index (χ4v) is 5.70. The molecule has 0 radical (unpaired) electrons. The number of aliphatic hydroxyl groups excluding tert-OH is 1. The van der Waals surface area contributed by atoms with Crippen molar-refractivity contribution in [3.8, 4) is 17.6 Å². The largest absolute Gasteiger partial charge is 0.493 e. The van der Waals surface area contributed by atoms with Gasteiger partial charge in [-0.15, -0.1) is 0 Å². The quantitative estimate of drug-likeness (QED) is 0.692. The van der Waals surface area contributed by atoms with Gasteiger partial charge in [-0.05, 0) is 30.5 Å². The van der Waals surface area contributed by atoms with Gasteiger partial charge in [0.2, 0.25) is 0 Å². The summed E-state index contributed by atoms with van der Waals surface area (Å²) in [5.74, 6) is 2.80. The monoisotopic (exact) mass is 413 g/mol. The third-order valence-electron chi connectivity index (χ3n) is 7.20. The van der Waals surface area contributed by atoms with E-state index in [1.54, 1.807) is 7.11 Å². The van der Waals surface area contributed by atoms with Gasteiger partial charge in [0.05, 0.1) is 31.3 Å². The zero-order chi connectivity index (χ0) is 20.7. The van der Waals surface area contributed by atoms with Gasteiger partial charge >= 0.3 is 0 Å². The molecule has 0 amide bonds. The highest BCUT2D eigenvalue weighted by Crippen LogP contribution is 2.47. The Morgan fingerprint density at radius 2 is 1.87 bits per heavy atom. The Morgan fingerprint density at radius 3 is 2.53 bits per heavy atom. The van der Waals surface area contributed by atoms with Crippen LogP contribution in [0.2, 0.25) is 0 Å². The number of benzene rings is 1. The van der Waals surface area contributed by atoms with Crippen molar-refractivity contribution in [3.05, 3.63) is 23.8 Å². The van der Waals surface area contributed by atoms with E-state index in [-0.39, 0.29) is 12.5 Å². The van der Waals surface area contributed by atoms with Crippen LogP contribution in [0.1, 0.15) is 18.4 Å². The van der Waals surface area contributed by atoms with Crippen LogP contribution >= 0.6 is 0 Å². The molecule has 1 aromatic rings. The van der Waals surface area contributed by atoms with E-state index < -0.39 is 6.10 Å². The van der Waals surface area contributed by atoms with Gasteiger partial charge in [0.25, 0.3) is 0 Å². The minimum Gasteiger partial charge on any atom is -0.493 e. The number of rotatable bonds is 8. The molecule has 4 aliphatic rings. The first kappa shape index (κ1) is 20.1. The molecule has 4 heterocycles. The number of nitrogens with zero attached hydrogens (tertiary/aromatic N) is 3. The zero-order valence-corrected chi connectivity index (χ0v) is 17.6. The zero-order valence-electron chi connectivity index (χ0n) is 17.6. The van der Waals surface area contributed by atoms with Crippen molar-refractivity contribution in [2.45, 2.75) is 37.7 Å². The molecule has 1 aromatic carbocycles. The highest BCUT2D eigenvalue weighted by atomic mass is 16.5. The van der Waals surface area contributed by atoms with Crippen LogP contribution in [0.4, 0.5) is 0 Å². The van der Waals surface area contributed by atoms with Gasteiger partial charge in [-0.1, -0.05) is 6.07 Å². The first-order valence-corrected chi connectivity index (χ1v) is 11.1. The second kappa shape index (κ2) is 8.35. The second-order valence-corrected chi connectivity index (χ2v) is 9.31. The third-order valence-corrected chi connectivity index (χ3v) is 7.20. The molecule has 5 atom stereocenters. The van der Waals surface area contributed by atoms with Crippen molar-refractivity contribution in [1.82, 2.24) is 9.80 Å². The lowest BCUT2D eigenvalue weighted by Crippen LogP contribution is -2.45. The van der Waals surface area contributed by atoms with Gasteiger partial charge in [-0.3, -0.25) is 9.80 Å². The smallest absolute Gasteiger partial charge is 0.161 e. The van der Waals surface area contributed by atoms with E-state index in [1.165, 1.54) is 12.8 Å². The number of nitriles is 1. The third kappa shape index (κ3) is 3.90. The average Bonchev–Trinajstić information content (AvgIpc) is 3.42. The van der Waals surface area contributed by atoms with Gasteiger partial charge in [-0.2, -0.15) is 5.26 Å². The van der Waals surface area contributed by atoms with E-state index in [4.69, 9.17) is 19.5 Å². The summed E-state index contributed by atoms with van der Waals surface area (Å²) in [7, 11) is 1.64. The predicted octanol–water partition coefficient (Wildman–Crippen LogP) is 1.50. The summed E-state index contributed by atoms with van der Waals surface area (Å²) >= 11 is 0. The first-order valence-electron chi connectivity index (χ1n) is 11.1. The number of hydrogen-bond acceptors (Lipinski definition) is 7. The van der Waals surface area contributed by atoms with Crippen LogP contribution in [0.25, 0.3) is 0 Å². The Bertz CT molecular complexity index is 788. The lowest BCUT2D eigenvalue weighted by Gasteiger charge is -2.35. The van der Waals surface area contributed by atoms with Crippen LogP contribution in [-0.2, 0) is 11.3 Å². The Morgan fingerprint density at radius 1 is 1.13 bits per heavy atom. The molecule has 0 aromatic heterocycles. The molecule has 30 heavy (non-hydrogen) atoms. The number of fused-ring (bicyclic) bond motifs is 5. The minimum atomic E-state index is -0.532. The van der Waals surface area contributed by atoms with E-state index in [0.717, 1.165) is 38.3 Å². The normalized spacial score (nSPS) is 31.9. The molecule has 5 rings (SSSR count). The molecule has 0 spiro atoms. The average molecular weight is 414 g/mol. The molecular formula is C23H31N3O4. The number of hydrogen-bond donors (Lipinski definition) is 1. The van der Waals surface area contributed by atoms with Gasteiger partial charge < -0.3 is 19.3 Å². The molecular weight excluding hydrogens is 382 g/mol. The first-order chi connectivity index (χ1) is 14.6. The highest BCUT2D eigenvalue weighted by Gasteiger charge is 2.52. The molecule has 162 valence electrons. The molecule has 0 aliphatic carbocycles. The lowest BCUT2D eigenvalue weighted by molar-refractivity contribution is 0.0473. The van der Waals surface area contributed by atoms with Crippen LogP contribution in [0.15, 0.2) is 18.2 Å². The SMILES string of the molecule is COc1cc(CN2CC(C#N)C2)ccc1OCC(O)CN1C[C@@H]2[C@H](C1)[C@H]1CC[C@@H]2O1. The fraction of sp³-hybridized carbons (Fsp3) is 0.696. The summed E-state index contributed by atoms with van der Waals surface area (Å²) < 4.78 is 17.4. The van der Waals surface area contributed by atoms with E-state index in [0.29, 0.717) is 42.1 Å². The predicted molar refractivity (Wildman–Crippen MR) is 110 cm³/mol. The summed E-state index contributed by atoms with van der Waals surface area (Å²) in [6.45, 7) is 5.42. The van der Waals surface area contributed by atoms with Crippen LogP contribution in [0.3, 0.4) is 0 Å².